The van der Waals surface area contributed by atoms with Crippen LogP contribution in [0.3, 0.4) is 0 Å². The Kier molecular flexibility index (Phi) is 4.34. The van der Waals surface area contributed by atoms with Gasteiger partial charge in [-0.05, 0) is 69.7 Å². The lowest BCUT2D eigenvalue weighted by atomic mass is 10.1. The predicted molar refractivity (Wildman–Crippen MR) is 83.8 cm³/mol. The first-order valence-corrected chi connectivity index (χ1v) is 7.12. The molecule has 0 aliphatic carbocycles. The lowest BCUT2D eigenvalue weighted by molar-refractivity contribution is 0.102. The van der Waals surface area contributed by atoms with Crippen molar-refractivity contribution in [1.82, 2.24) is 4.98 Å². The maximum atomic E-state index is 12.1. The van der Waals surface area contributed by atoms with Crippen LogP contribution in [-0.4, -0.2) is 10.9 Å². The average molecular weight is 417 g/mol. The molecule has 0 saturated carbocycles. The fourth-order valence-corrected chi connectivity index (χ4v) is 2.19. The summed E-state index contributed by atoms with van der Waals surface area (Å²) in [5, 5.41) is 2.77. The van der Waals surface area contributed by atoms with Gasteiger partial charge in [-0.3, -0.25) is 4.79 Å². The van der Waals surface area contributed by atoms with E-state index in [0.717, 1.165) is 13.6 Å². The molecule has 5 heteroatoms. The predicted octanol–water partition coefficient (Wildman–Crippen LogP) is 4.01. The number of nitrogens with zero attached hydrogens (tertiary/aromatic N) is 1. The van der Waals surface area contributed by atoms with Gasteiger partial charge >= 0.3 is 0 Å². The normalized spacial score (nSPS) is 10.2. The number of pyridine rings is 1. The maximum absolute atomic E-state index is 12.1. The third-order valence-electron chi connectivity index (χ3n) is 2.34. The first-order chi connectivity index (χ1) is 8.56. The van der Waals surface area contributed by atoms with E-state index in [-0.39, 0.29) is 5.91 Å². The van der Waals surface area contributed by atoms with Gasteiger partial charge in [0.25, 0.3) is 5.91 Å². The molecule has 1 N–H and O–H groups in total. The van der Waals surface area contributed by atoms with Crippen molar-refractivity contribution < 1.29 is 4.79 Å². The van der Waals surface area contributed by atoms with E-state index in [1.165, 1.54) is 0 Å². The van der Waals surface area contributed by atoms with Crippen molar-refractivity contribution >= 4 is 50.2 Å². The van der Waals surface area contributed by atoms with Crippen LogP contribution in [0.5, 0.6) is 0 Å². The number of anilines is 1. The number of aryl methyl sites for hydroxylation is 1. The topological polar surface area (TPSA) is 42.0 Å². The van der Waals surface area contributed by atoms with Crippen molar-refractivity contribution in [3.8, 4) is 0 Å². The Morgan fingerprint density at radius 3 is 2.78 bits per heavy atom. The standard InChI is InChI=1S/C13H10BrIN2O/c1-8-2-4-11(14)10(6-8)13(18)17-12-5-3-9(15)7-16-12/h2-7H,1H3,(H,16,17,18). The number of rotatable bonds is 2. The smallest absolute Gasteiger partial charge is 0.257 e. The van der Waals surface area contributed by atoms with Gasteiger partial charge in [0.1, 0.15) is 5.82 Å². The molecule has 92 valence electrons. The SMILES string of the molecule is Cc1ccc(Br)c(C(=O)Nc2ccc(I)cn2)c1. The molecule has 0 bridgehead atoms. The van der Waals surface area contributed by atoms with E-state index in [0.29, 0.717) is 11.4 Å². The van der Waals surface area contributed by atoms with Crippen molar-refractivity contribution in [2.24, 2.45) is 0 Å². The molecule has 2 rings (SSSR count). The minimum atomic E-state index is -0.167. The highest BCUT2D eigenvalue weighted by molar-refractivity contribution is 14.1. The second-order valence-electron chi connectivity index (χ2n) is 3.80. The number of carbonyl (C=O) groups excluding carboxylic acids is 1. The summed E-state index contributed by atoms with van der Waals surface area (Å²) >= 11 is 5.54. The number of nitrogens with one attached hydrogen (secondary N) is 1. The zero-order chi connectivity index (χ0) is 13.1. The van der Waals surface area contributed by atoms with E-state index in [1.807, 2.05) is 31.2 Å². The van der Waals surface area contributed by atoms with Gasteiger partial charge in [0.2, 0.25) is 0 Å². The van der Waals surface area contributed by atoms with Gasteiger partial charge in [-0.15, -0.1) is 0 Å². The van der Waals surface area contributed by atoms with Crippen LogP contribution in [0, 0.1) is 10.5 Å². The van der Waals surface area contributed by atoms with Crippen LogP contribution in [0.15, 0.2) is 41.0 Å². The molecule has 0 unspecified atom stereocenters. The van der Waals surface area contributed by atoms with Crippen molar-refractivity contribution in [2.75, 3.05) is 5.32 Å². The molecule has 18 heavy (non-hydrogen) atoms. The highest BCUT2D eigenvalue weighted by Gasteiger charge is 2.10. The third-order valence-corrected chi connectivity index (χ3v) is 3.67. The molecule has 2 aromatic rings. The van der Waals surface area contributed by atoms with Crippen LogP contribution in [0.1, 0.15) is 15.9 Å². The van der Waals surface area contributed by atoms with Gasteiger partial charge < -0.3 is 5.32 Å². The summed E-state index contributed by atoms with van der Waals surface area (Å²) in [6, 6.07) is 9.33. The Bertz CT molecular complexity index is 584. The Morgan fingerprint density at radius 2 is 2.11 bits per heavy atom. The number of aromatic nitrogens is 1. The van der Waals surface area contributed by atoms with Crippen molar-refractivity contribution in [3.63, 3.8) is 0 Å². The lowest BCUT2D eigenvalue weighted by Gasteiger charge is -2.07. The zero-order valence-electron chi connectivity index (χ0n) is 9.58. The third kappa shape index (κ3) is 3.29. The van der Waals surface area contributed by atoms with Crippen LogP contribution in [0.4, 0.5) is 5.82 Å². The summed E-state index contributed by atoms with van der Waals surface area (Å²) in [6.07, 6.45) is 1.71. The molecular weight excluding hydrogens is 407 g/mol. The minimum Gasteiger partial charge on any atom is -0.307 e. The highest BCUT2D eigenvalue weighted by atomic mass is 127. The molecule has 1 heterocycles. The first kappa shape index (κ1) is 13.5. The monoisotopic (exact) mass is 416 g/mol. The number of benzene rings is 1. The van der Waals surface area contributed by atoms with E-state index >= 15 is 0 Å². The van der Waals surface area contributed by atoms with Gasteiger partial charge in [-0.1, -0.05) is 11.6 Å². The van der Waals surface area contributed by atoms with Crippen molar-refractivity contribution in [3.05, 3.63) is 55.7 Å². The summed E-state index contributed by atoms with van der Waals surface area (Å²) in [5.41, 5.74) is 1.65. The Morgan fingerprint density at radius 1 is 1.33 bits per heavy atom. The number of hydrogen-bond donors (Lipinski definition) is 1. The molecule has 0 fully saturated rings. The van der Waals surface area contributed by atoms with Crippen LogP contribution in [-0.2, 0) is 0 Å². The minimum absolute atomic E-state index is 0.167. The molecule has 0 saturated heterocycles. The summed E-state index contributed by atoms with van der Waals surface area (Å²) in [4.78, 5) is 16.2. The van der Waals surface area contributed by atoms with E-state index in [1.54, 1.807) is 12.3 Å². The van der Waals surface area contributed by atoms with Crippen molar-refractivity contribution in [1.29, 1.82) is 0 Å². The van der Waals surface area contributed by atoms with E-state index in [4.69, 9.17) is 0 Å². The molecule has 0 radical (unpaired) electrons. The van der Waals surface area contributed by atoms with Crippen LogP contribution >= 0.6 is 38.5 Å². The van der Waals surface area contributed by atoms with Crippen molar-refractivity contribution in [2.45, 2.75) is 6.92 Å². The molecule has 0 spiro atoms. The van der Waals surface area contributed by atoms with Gasteiger partial charge in [-0.25, -0.2) is 4.98 Å². The van der Waals surface area contributed by atoms with Gasteiger partial charge in [0.15, 0.2) is 0 Å². The van der Waals surface area contributed by atoms with Crippen LogP contribution in [0.25, 0.3) is 0 Å². The van der Waals surface area contributed by atoms with Crippen LogP contribution < -0.4 is 5.32 Å². The molecule has 0 aliphatic heterocycles. The fourth-order valence-electron chi connectivity index (χ4n) is 1.45. The summed E-state index contributed by atoms with van der Waals surface area (Å²) in [5.74, 6) is 0.383. The quantitative estimate of drug-likeness (QED) is 0.751. The van der Waals surface area contributed by atoms with E-state index in [2.05, 4.69) is 48.8 Å². The molecular formula is C13H10BrIN2O. The fraction of sp³-hybridized carbons (Fsp3) is 0.0769. The highest BCUT2D eigenvalue weighted by Crippen LogP contribution is 2.19. The van der Waals surface area contributed by atoms with E-state index < -0.39 is 0 Å². The first-order valence-electron chi connectivity index (χ1n) is 5.25. The summed E-state index contributed by atoms with van der Waals surface area (Å²) < 4.78 is 1.80. The molecule has 3 nitrogen and oxygen atoms in total. The number of halogens is 2. The largest absolute Gasteiger partial charge is 0.307 e. The van der Waals surface area contributed by atoms with E-state index in [9.17, 15) is 4.79 Å². The maximum Gasteiger partial charge on any atom is 0.257 e. The number of amides is 1. The Hall–Kier alpha value is -0.950. The number of hydrogen-bond acceptors (Lipinski definition) is 2. The molecule has 1 aromatic carbocycles. The second-order valence-corrected chi connectivity index (χ2v) is 5.90. The number of carbonyl (C=O) groups is 1. The Balaban J connectivity index is 2.21. The lowest BCUT2D eigenvalue weighted by Crippen LogP contribution is -2.13. The molecule has 1 aromatic heterocycles. The van der Waals surface area contributed by atoms with Gasteiger partial charge in [0.05, 0.1) is 5.56 Å². The molecule has 1 amide bonds. The average Bonchev–Trinajstić information content (AvgIpc) is 2.35. The zero-order valence-corrected chi connectivity index (χ0v) is 13.3. The molecule has 0 aliphatic rings. The summed E-state index contributed by atoms with van der Waals surface area (Å²) in [7, 11) is 0. The second kappa shape index (κ2) is 5.79. The molecule has 0 atom stereocenters. The summed E-state index contributed by atoms with van der Waals surface area (Å²) in [6.45, 7) is 1.95. The van der Waals surface area contributed by atoms with Gasteiger partial charge in [0, 0.05) is 14.2 Å². The van der Waals surface area contributed by atoms with Gasteiger partial charge in [-0.2, -0.15) is 0 Å². The Labute approximate surface area is 127 Å². The van der Waals surface area contributed by atoms with Crippen LogP contribution in [0.2, 0.25) is 0 Å².